The summed E-state index contributed by atoms with van der Waals surface area (Å²) in [5, 5.41) is 9.30. The third kappa shape index (κ3) is 3.32. The fourth-order valence-corrected chi connectivity index (χ4v) is 4.03. The van der Waals surface area contributed by atoms with Crippen molar-refractivity contribution in [2.45, 2.75) is 17.7 Å². The van der Waals surface area contributed by atoms with Crippen molar-refractivity contribution in [3.05, 3.63) is 47.1 Å². The molecule has 0 saturated heterocycles. The fraction of sp³-hybridized carbons (Fsp3) is 0.200. The van der Waals surface area contributed by atoms with Gasteiger partial charge >= 0.3 is 0 Å². The lowest BCUT2D eigenvalue weighted by atomic mass is 10.3. The first kappa shape index (κ1) is 16.6. The first-order valence-electron chi connectivity index (χ1n) is 7.17. The van der Waals surface area contributed by atoms with Crippen LogP contribution < -0.4 is 10.5 Å². The molecule has 0 radical (unpaired) electrons. The van der Waals surface area contributed by atoms with Gasteiger partial charge in [-0.3, -0.25) is 4.79 Å². The van der Waals surface area contributed by atoms with Gasteiger partial charge in [-0.15, -0.1) is 11.3 Å². The number of sulfonamides is 1. The summed E-state index contributed by atoms with van der Waals surface area (Å²) in [7, 11) is -3.78. The lowest BCUT2D eigenvalue weighted by molar-refractivity contribution is 0.0952. The number of carbonyl (C=O) groups is 1. The minimum atomic E-state index is -3.78. The summed E-state index contributed by atoms with van der Waals surface area (Å²) in [6, 6.07) is 9.08. The molecular formula is C15H16N4O3S2. The number of thiophene rings is 1. The van der Waals surface area contributed by atoms with E-state index in [2.05, 4.69) is 10.3 Å². The van der Waals surface area contributed by atoms with Gasteiger partial charge in [-0.2, -0.15) is 0 Å². The van der Waals surface area contributed by atoms with Crippen molar-refractivity contribution in [1.82, 2.24) is 14.9 Å². The van der Waals surface area contributed by atoms with Gasteiger partial charge in [0, 0.05) is 18.5 Å². The Balaban J connectivity index is 1.66. The van der Waals surface area contributed by atoms with E-state index >= 15 is 0 Å². The summed E-state index contributed by atoms with van der Waals surface area (Å²) in [5.74, 6) is 0.542. The SMILES string of the molecule is Cc1nc2ccccc2n1CCNC(=O)c1csc(S(N)(=O)=O)c1. The van der Waals surface area contributed by atoms with Crippen LogP contribution in [0, 0.1) is 6.92 Å². The summed E-state index contributed by atoms with van der Waals surface area (Å²) < 4.78 is 24.5. The molecule has 0 bridgehead atoms. The smallest absolute Gasteiger partial charge is 0.252 e. The van der Waals surface area contributed by atoms with Crippen molar-refractivity contribution in [1.29, 1.82) is 0 Å². The Morgan fingerprint density at radius 2 is 2.12 bits per heavy atom. The minimum Gasteiger partial charge on any atom is -0.350 e. The Hall–Kier alpha value is -2.23. The molecule has 1 aromatic carbocycles. The number of rotatable bonds is 5. The van der Waals surface area contributed by atoms with E-state index < -0.39 is 10.0 Å². The van der Waals surface area contributed by atoms with Crippen LogP contribution in [-0.2, 0) is 16.6 Å². The van der Waals surface area contributed by atoms with E-state index in [1.807, 2.05) is 35.8 Å². The normalized spacial score (nSPS) is 11.8. The van der Waals surface area contributed by atoms with Crippen molar-refractivity contribution in [2.75, 3.05) is 6.54 Å². The van der Waals surface area contributed by atoms with Gasteiger partial charge in [-0.25, -0.2) is 18.5 Å². The zero-order valence-electron chi connectivity index (χ0n) is 12.9. The second-order valence-corrected chi connectivity index (χ2v) is 7.95. The largest absolute Gasteiger partial charge is 0.350 e. The molecule has 9 heteroatoms. The van der Waals surface area contributed by atoms with Gasteiger partial charge in [0.25, 0.3) is 5.91 Å². The molecule has 0 spiro atoms. The maximum absolute atomic E-state index is 12.1. The number of amides is 1. The number of aromatic nitrogens is 2. The zero-order chi connectivity index (χ0) is 17.3. The van der Waals surface area contributed by atoms with Crippen LogP contribution in [0.1, 0.15) is 16.2 Å². The lowest BCUT2D eigenvalue weighted by Gasteiger charge is -2.08. The van der Waals surface area contributed by atoms with Crippen LogP contribution >= 0.6 is 11.3 Å². The highest BCUT2D eigenvalue weighted by Gasteiger charge is 2.15. The molecule has 0 saturated carbocycles. The molecule has 1 amide bonds. The molecule has 2 heterocycles. The Bertz CT molecular complexity index is 1000. The second kappa shape index (κ2) is 6.34. The van der Waals surface area contributed by atoms with Crippen molar-refractivity contribution < 1.29 is 13.2 Å². The van der Waals surface area contributed by atoms with Gasteiger partial charge in [-0.1, -0.05) is 12.1 Å². The number of aryl methyl sites for hydroxylation is 1. The molecule has 0 fully saturated rings. The molecule has 24 heavy (non-hydrogen) atoms. The Kier molecular flexibility index (Phi) is 4.39. The van der Waals surface area contributed by atoms with Crippen LogP contribution in [0.2, 0.25) is 0 Å². The highest BCUT2D eigenvalue weighted by Crippen LogP contribution is 2.19. The van der Waals surface area contributed by atoms with Gasteiger partial charge in [0.1, 0.15) is 10.0 Å². The van der Waals surface area contributed by atoms with Crippen LogP contribution in [0.3, 0.4) is 0 Å². The highest BCUT2D eigenvalue weighted by atomic mass is 32.2. The Morgan fingerprint density at radius 3 is 2.83 bits per heavy atom. The van der Waals surface area contributed by atoms with Gasteiger partial charge in [0.2, 0.25) is 10.0 Å². The van der Waals surface area contributed by atoms with Crippen molar-refractivity contribution in [3.8, 4) is 0 Å². The van der Waals surface area contributed by atoms with E-state index in [4.69, 9.17) is 5.14 Å². The molecule has 2 aromatic heterocycles. The number of para-hydroxylation sites is 2. The first-order valence-corrected chi connectivity index (χ1v) is 9.60. The van der Waals surface area contributed by atoms with Crippen molar-refractivity contribution in [3.63, 3.8) is 0 Å². The molecule has 126 valence electrons. The number of hydrogen-bond acceptors (Lipinski definition) is 5. The summed E-state index contributed by atoms with van der Waals surface area (Å²) in [5.41, 5.74) is 2.21. The predicted molar refractivity (Wildman–Crippen MR) is 92.5 cm³/mol. The molecular weight excluding hydrogens is 348 g/mol. The monoisotopic (exact) mass is 364 g/mol. The topological polar surface area (TPSA) is 107 Å². The molecule has 3 rings (SSSR count). The van der Waals surface area contributed by atoms with Crippen LogP contribution in [0.5, 0.6) is 0 Å². The highest BCUT2D eigenvalue weighted by molar-refractivity contribution is 7.91. The van der Waals surface area contributed by atoms with Gasteiger partial charge in [-0.05, 0) is 25.1 Å². The number of fused-ring (bicyclic) bond motifs is 1. The van der Waals surface area contributed by atoms with Crippen LogP contribution in [0.25, 0.3) is 11.0 Å². The third-order valence-electron chi connectivity index (χ3n) is 3.58. The van der Waals surface area contributed by atoms with Crippen LogP contribution in [0.4, 0.5) is 0 Å². The van der Waals surface area contributed by atoms with Gasteiger partial charge in [0.05, 0.1) is 16.6 Å². The first-order chi connectivity index (χ1) is 11.4. The molecule has 0 unspecified atom stereocenters. The van der Waals surface area contributed by atoms with Crippen LogP contribution in [-0.4, -0.2) is 30.4 Å². The number of imidazole rings is 1. The number of carbonyl (C=O) groups excluding carboxylic acids is 1. The zero-order valence-corrected chi connectivity index (χ0v) is 14.5. The average Bonchev–Trinajstić information content (AvgIpc) is 3.12. The van der Waals surface area contributed by atoms with E-state index in [0.29, 0.717) is 13.1 Å². The molecule has 7 nitrogen and oxygen atoms in total. The summed E-state index contributed by atoms with van der Waals surface area (Å²) in [6.45, 7) is 2.89. The van der Waals surface area contributed by atoms with E-state index in [-0.39, 0.29) is 15.7 Å². The average molecular weight is 364 g/mol. The number of benzene rings is 1. The number of nitrogens with one attached hydrogen (secondary N) is 1. The standard InChI is InChI=1S/C15H16N4O3S2/c1-10-18-12-4-2-3-5-13(12)19(10)7-6-17-15(20)11-8-14(23-9-11)24(16,21)22/h2-5,8-9H,6-7H2,1H3,(H,17,20)(H2,16,21,22). The Labute approximate surface area is 143 Å². The molecule has 3 aromatic rings. The molecule has 0 aliphatic carbocycles. The summed E-state index contributed by atoms with van der Waals surface area (Å²) >= 11 is 0.931. The van der Waals surface area contributed by atoms with Crippen molar-refractivity contribution >= 4 is 38.3 Å². The predicted octanol–water partition coefficient (Wildman–Crippen LogP) is 1.48. The molecule has 0 aliphatic rings. The quantitative estimate of drug-likeness (QED) is 0.715. The number of primary sulfonamides is 1. The maximum atomic E-state index is 12.1. The van der Waals surface area contributed by atoms with Crippen LogP contribution in [0.15, 0.2) is 39.9 Å². The Morgan fingerprint density at radius 1 is 1.38 bits per heavy atom. The third-order valence-corrected chi connectivity index (χ3v) is 5.97. The maximum Gasteiger partial charge on any atom is 0.252 e. The summed E-state index contributed by atoms with van der Waals surface area (Å²) in [4.78, 5) is 16.6. The second-order valence-electron chi connectivity index (χ2n) is 5.25. The van der Waals surface area contributed by atoms with E-state index in [0.717, 1.165) is 28.2 Å². The van der Waals surface area contributed by atoms with Crippen molar-refractivity contribution in [2.24, 2.45) is 5.14 Å². The number of nitrogens with zero attached hydrogens (tertiary/aromatic N) is 2. The number of hydrogen-bond donors (Lipinski definition) is 2. The fourth-order valence-electron chi connectivity index (χ4n) is 2.45. The molecule has 3 N–H and O–H groups in total. The molecule has 0 aliphatic heterocycles. The van der Waals surface area contributed by atoms with E-state index in [9.17, 15) is 13.2 Å². The van der Waals surface area contributed by atoms with E-state index in [1.54, 1.807) is 0 Å². The summed E-state index contributed by atoms with van der Waals surface area (Å²) in [6.07, 6.45) is 0. The molecule has 0 atom stereocenters. The van der Waals surface area contributed by atoms with Gasteiger partial charge in [0.15, 0.2) is 0 Å². The number of nitrogens with two attached hydrogens (primary N) is 1. The van der Waals surface area contributed by atoms with Gasteiger partial charge < -0.3 is 9.88 Å². The lowest BCUT2D eigenvalue weighted by Crippen LogP contribution is -2.27. The van der Waals surface area contributed by atoms with E-state index in [1.165, 1.54) is 11.4 Å². The minimum absolute atomic E-state index is 0.0240.